The van der Waals surface area contributed by atoms with Gasteiger partial charge in [0.15, 0.2) is 23.1 Å². The monoisotopic (exact) mass is 274 g/mol. The van der Waals surface area contributed by atoms with Gasteiger partial charge in [0.2, 0.25) is 6.79 Å². The Hall–Kier alpha value is -2.81. The molecule has 100 valence electrons. The molecule has 1 aliphatic rings. The van der Waals surface area contributed by atoms with Gasteiger partial charge in [0.05, 0.1) is 11.3 Å². The van der Waals surface area contributed by atoms with E-state index in [1.54, 1.807) is 24.3 Å². The molecule has 0 amide bonds. The second-order valence-electron chi connectivity index (χ2n) is 4.09. The average molecular weight is 274 g/mol. The first-order chi connectivity index (χ1) is 9.69. The summed E-state index contributed by atoms with van der Waals surface area (Å²) in [6, 6.07) is 9.05. The van der Waals surface area contributed by atoms with Crippen molar-refractivity contribution in [3.05, 3.63) is 47.5 Å². The quantitative estimate of drug-likeness (QED) is 0.912. The molecule has 2 aromatic carbocycles. The molecule has 20 heavy (non-hydrogen) atoms. The van der Waals surface area contributed by atoms with E-state index in [2.05, 4.69) is 5.32 Å². The van der Waals surface area contributed by atoms with Crippen molar-refractivity contribution in [3.8, 4) is 17.6 Å². The molecule has 6 heteroatoms. The Morgan fingerprint density at radius 1 is 1.05 bits per heavy atom. The molecule has 0 radical (unpaired) electrons. The molecule has 0 spiro atoms. The van der Waals surface area contributed by atoms with E-state index in [1.165, 1.54) is 12.1 Å². The van der Waals surface area contributed by atoms with Crippen molar-refractivity contribution >= 4 is 11.4 Å². The number of ether oxygens (including phenoxy) is 2. The van der Waals surface area contributed by atoms with Gasteiger partial charge in [-0.3, -0.25) is 0 Å². The highest BCUT2D eigenvalue weighted by molar-refractivity contribution is 5.65. The molecule has 0 aliphatic carbocycles. The van der Waals surface area contributed by atoms with Crippen LogP contribution in [0.2, 0.25) is 0 Å². The lowest BCUT2D eigenvalue weighted by Gasteiger charge is -2.09. The first-order valence-electron chi connectivity index (χ1n) is 5.74. The van der Waals surface area contributed by atoms with Gasteiger partial charge in [0, 0.05) is 11.8 Å². The van der Waals surface area contributed by atoms with E-state index < -0.39 is 11.6 Å². The SMILES string of the molecule is N#Cc1ccc(Nc2ccc3c(c2)OCO3)c(F)c1F. The highest BCUT2D eigenvalue weighted by atomic mass is 19.2. The minimum Gasteiger partial charge on any atom is -0.454 e. The summed E-state index contributed by atoms with van der Waals surface area (Å²) in [5.41, 5.74) is 0.136. The fourth-order valence-corrected chi connectivity index (χ4v) is 1.86. The standard InChI is InChI=1S/C14H8F2N2O2/c15-13-8(6-17)1-3-10(14(13)16)18-9-2-4-11-12(5-9)20-7-19-11/h1-5,18H,7H2. The van der Waals surface area contributed by atoms with Crippen LogP contribution in [0.25, 0.3) is 0 Å². The summed E-state index contributed by atoms with van der Waals surface area (Å²) in [5.74, 6) is -1.13. The fraction of sp³-hybridized carbons (Fsp3) is 0.0714. The molecule has 0 bridgehead atoms. The molecule has 0 unspecified atom stereocenters. The second kappa shape index (κ2) is 4.70. The average Bonchev–Trinajstić information content (AvgIpc) is 2.92. The highest BCUT2D eigenvalue weighted by Crippen LogP contribution is 2.35. The Balaban J connectivity index is 1.92. The summed E-state index contributed by atoms with van der Waals surface area (Å²) in [6.45, 7) is 0.138. The molecule has 1 N–H and O–H groups in total. The van der Waals surface area contributed by atoms with Crippen molar-refractivity contribution in [2.45, 2.75) is 0 Å². The first kappa shape index (κ1) is 12.2. The smallest absolute Gasteiger partial charge is 0.231 e. The normalized spacial score (nSPS) is 12.1. The number of anilines is 2. The van der Waals surface area contributed by atoms with Crippen molar-refractivity contribution < 1.29 is 18.3 Å². The van der Waals surface area contributed by atoms with Gasteiger partial charge in [0.25, 0.3) is 0 Å². The lowest BCUT2D eigenvalue weighted by molar-refractivity contribution is 0.174. The molecule has 2 aromatic rings. The number of hydrogen-bond acceptors (Lipinski definition) is 4. The van der Waals surface area contributed by atoms with E-state index >= 15 is 0 Å². The van der Waals surface area contributed by atoms with Gasteiger partial charge in [-0.1, -0.05) is 0 Å². The number of rotatable bonds is 2. The molecular weight excluding hydrogens is 266 g/mol. The Morgan fingerprint density at radius 2 is 1.85 bits per heavy atom. The predicted octanol–water partition coefficient (Wildman–Crippen LogP) is 3.31. The van der Waals surface area contributed by atoms with E-state index in [0.29, 0.717) is 17.2 Å². The number of nitrogens with one attached hydrogen (secondary N) is 1. The predicted molar refractivity (Wildman–Crippen MR) is 66.9 cm³/mol. The van der Waals surface area contributed by atoms with E-state index in [4.69, 9.17) is 14.7 Å². The molecule has 0 saturated carbocycles. The van der Waals surface area contributed by atoms with Crippen LogP contribution in [0.15, 0.2) is 30.3 Å². The summed E-state index contributed by atoms with van der Waals surface area (Å²) in [4.78, 5) is 0. The van der Waals surface area contributed by atoms with Crippen LogP contribution in [-0.2, 0) is 0 Å². The summed E-state index contributed by atoms with van der Waals surface area (Å²) >= 11 is 0. The third-order valence-electron chi connectivity index (χ3n) is 2.85. The number of halogens is 2. The third-order valence-corrected chi connectivity index (χ3v) is 2.85. The number of hydrogen-bond donors (Lipinski definition) is 1. The highest BCUT2D eigenvalue weighted by Gasteiger charge is 2.16. The molecule has 0 atom stereocenters. The maximum atomic E-state index is 13.8. The van der Waals surface area contributed by atoms with Gasteiger partial charge in [-0.25, -0.2) is 8.78 Å². The van der Waals surface area contributed by atoms with Crippen molar-refractivity contribution in [2.24, 2.45) is 0 Å². The van der Waals surface area contributed by atoms with E-state index in [-0.39, 0.29) is 18.0 Å². The zero-order valence-corrected chi connectivity index (χ0v) is 10.1. The molecule has 0 saturated heterocycles. The lowest BCUT2D eigenvalue weighted by atomic mass is 10.2. The summed E-state index contributed by atoms with van der Waals surface area (Å²) in [5, 5.41) is 11.4. The second-order valence-corrected chi connectivity index (χ2v) is 4.09. The number of nitriles is 1. The van der Waals surface area contributed by atoms with Crippen molar-refractivity contribution in [1.29, 1.82) is 5.26 Å². The molecule has 3 rings (SSSR count). The largest absolute Gasteiger partial charge is 0.454 e. The van der Waals surface area contributed by atoms with Crippen LogP contribution in [-0.4, -0.2) is 6.79 Å². The maximum Gasteiger partial charge on any atom is 0.231 e. The van der Waals surface area contributed by atoms with Crippen LogP contribution in [0.3, 0.4) is 0 Å². The van der Waals surface area contributed by atoms with Gasteiger partial charge >= 0.3 is 0 Å². The number of nitrogens with zero attached hydrogens (tertiary/aromatic N) is 1. The summed E-state index contributed by atoms with van der Waals surface area (Å²) < 4.78 is 37.6. The van der Waals surface area contributed by atoms with Crippen LogP contribution in [0, 0.1) is 23.0 Å². The van der Waals surface area contributed by atoms with Crippen molar-refractivity contribution in [1.82, 2.24) is 0 Å². The van der Waals surface area contributed by atoms with Gasteiger partial charge < -0.3 is 14.8 Å². The first-order valence-corrected chi connectivity index (χ1v) is 5.74. The maximum absolute atomic E-state index is 13.8. The molecule has 4 nitrogen and oxygen atoms in total. The zero-order chi connectivity index (χ0) is 14.1. The fourth-order valence-electron chi connectivity index (χ4n) is 1.86. The number of fused-ring (bicyclic) bond motifs is 1. The van der Waals surface area contributed by atoms with Crippen LogP contribution < -0.4 is 14.8 Å². The minimum atomic E-state index is -1.17. The molecule has 1 heterocycles. The van der Waals surface area contributed by atoms with Crippen molar-refractivity contribution in [3.63, 3.8) is 0 Å². The molecule has 0 aromatic heterocycles. The molecule has 1 aliphatic heterocycles. The minimum absolute atomic E-state index is 0.0552. The lowest BCUT2D eigenvalue weighted by Crippen LogP contribution is -1.98. The molecule has 0 fully saturated rings. The van der Waals surface area contributed by atoms with Crippen LogP contribution in [0.1, 0.15) is 5.56 Å². The summed E-state index contributed by atoms with van der Waals surface area (Å²) in [6.07, 6.45) is 0. The van der Waals surface area contributed by atoms with Gasteiger partial charge in [-0.2, -0.15) is 5.26 Å². The van der Waals surface area contributed by atoms with E-state index in [9.17, 15) is 8.78 Å². The Bertz CT molecular complexity index is 726. The van der Waals surface area contributed by atoms with Crippen LogP contribution in [0.4, 0.5) is 20.2 Å². The number of benzene rings is 2. The van der Waals surface area contributed by atoms with E-state index in [0.717, 1.165) is 0 Å². The Kier molecular flexibility index (Phi) is 2.88. The third kappa shape index (κ3) is 1.99. The topological polar surface area (TPSA) is 54.3 Å². The zero-order valence-electron chi connectivity index (χ0n) is 10.1. The van der Waals surface area contributed by atoms with Gasteiger partial charge in [-0.05, 0) is 24.3 Å². The Morgan fingerprint density at radius 3 is 2.65 bits per heavy atom. The van der Waals surface area contributed by atoms with Crippen LogP contribution in [0.5, 0.6) is 11.5 Å². The van der Waals surface area contributed by atoms with Gasteiger partial charge in [-0.15, -0.1) is 0 Å². The van der Waals surface area contributed by atoms with Crippen molar-refractivity contribution in [2.75, 3.05) is 12.1 Å². The summed E-state index contributed by atoms with van der Waals surface area (Å²) in [7, 11) is 0. The molecular formula is C14H8F2N2O2. The van der Waals surface area contributed by atoms with Gasteiger partial charge in [0.1, 0.15) is 6.07 Å². The Labute approximate surface area is 113 Å². The van der Waals surface area contributed by atoms with Crippen LogP contribution >= 0.6 is 0 Å². The van der Waals surface area contributed by atoms with E-state index in [1.807, 2.05) is 0 Å².